The summed E-state index contributed by atoms with van der Waals surface area (Å²) in [6, 6.07) is 3.90. The Bertz CT molecular complexity index is 454. The summed E-state index contributed by atoms with van der Waals surface area (Å²) in [5, 5.41) is 0. The van der Waals surface area contributed by atoms with Crippen molar-refractivity contribution < 1.29 is 18.7 Å². The number of benzene rings is 1. The second-order valence-electron chi connectivity index (χ2n) is 4.24. The second kappa shape index (κ2) is 7.38. The van der Waals surface area contributed by atoms with Gasteiger partial charge in [-0.25, -0.2) is 4.39 Å². The molecule has 1 atom stereocenters. The number of esters is 1. The summed E-state index contributed by atoms with van der Waals surface area (Å²) >= 11 is 3.13. The topological polar surface area (TPSA) is 43.4 Å². The standard InChI is InChI=1S/C14H16BrFO3/c1-3-4-5-12(14(18)19-2)13(17)9-6-10(15)8-11(16)7-9/h6-8,12H,3-5H2,1-2H3. The summed E-state index contributed by atoms with van der Waals surface area (Å²) < 4.78 is 18.4. The maximum absolute atomic E-state index is 13.3. The molecule has 0 aliphatic heterocycles. The molecular weight excluding hydrogens is 315 g/mol. The van der Waals surface area contributed by atoms with Crippen molar-refractivity contribution in [1.82, 2.24) is 0 Å². The SMILES string of the molecule is CCCCC(C(=O)OC)C(=O)c1cc(F)cc(Br)c1. The highest BCUT2D eigenvalue weighted by Gasteiger charge is 2.28. The van der Waals surface area contributed by atoms with Gasteiger partial charge < -0.3 is 4.74 Å². The van der Waals surface area contributed by atoms with Crippen LogP contribution in [0, 0.1) is 11.7 Å². The van der Waals surface area contributed by atoms with Crippen LogP contribution in [0.3, 0.4) is 0 Å². The number of ether oxygens (including phenoxy) is 1. The van der Waals surface area contributed by atoms with E-state index >= 15 is 0 Å². The molecule has 0 bridgehead atoms. The average molecular weight is 331 g/mol. The molecule has 0 aromatic heterocycles. The van der Waals surface area contributed by atoms with Gasteiger partial charge in [-0.05, 0) is 24.6 Å². The van der Waals surface area contributed by atoms with E-state index in [1.54, 1.807) is 0 Å². The van der Waals surface area contributed by atoms with Gasteiger partial charge in [0.2, 0.25) is 0 Å². The van der Waals surface area contributed by atoms with Crippen LogP contribution in [0.25, 0.3) is 0 Å². The molecule has 0 radical (unpaired) electrons. The van der Waals surface area contributed by atoms with Gasteiger partial charge in [0.1, 0.15) is 11.7 Å². The molecule has 1 unspecified atom stereocenters. The van der Waals surface area contributed by atoms with Gasteiger partial charge in [0.15, 0.2) is 5.78 Å². The summed E-state index contributed by atoms with van der Waals surface area (Å²) in [5.74, 6) is -2.35. The van der Waals surface area contributed by atoms with Crippen LogP contribution in [-0.2, 0) is 9.53 Å². The lowest BCUT2D eigenvalue weighted by atomic mass is 9.93. The maximum atomic E-state index is 13.3. The number of Topliss-reactive ketones (excluding diaryl/α,β-unsaturated/α-hetero) is 1. The van der Waals surface area contributed by atoms with E-state index in [0.717, 1.165) is 18.9 Å². The Labute approximate surface area is 120 Å². The van der Waals surface area contributed by atoms with Gasteiger partial charge in [-0.2, -0.15) is 0 Å². The highest BCUT2D eigenvalue weighted by Crippen LogP contribution is 2.21. The molecule has 1 aromatic rings. The Balaban J connectivity index is 3.00. The van der Waals surface area contributed by atoms with Crippen LogP contribution in [0.5, 0.6) is 0 Å². The number of rotatable bonds is 6. The third-order valence-electron chi connectivity index (χ3n) is 2.80. The molecule has 19 heavy (non-hydrogen) atoms. The van der Waals surface area contributed by atoms with E-state index in [1.165, 1.54) is 19.2 Å². The molecule has 3 nitrogen and oxygen atoms in total. The van der Waals surface area contributed by atoms with Gasteiger partial charge in [0.25, 0.3) is 0 Å². The molecule has 0 amide bonds. The Morgan fingerprint density at radius 2 is 2.05 bits per heavy atom. The molecule has 0 aliphatic rings. The molecule has 0 fully saturated rings. The highest BCUT2D eigenvalue weighted by molar-refractivity contribution is 9.10. The predicted octanol–water partition coefficient (Wildman–Crippen LogP) is 3.75. The van der Waals surface area contributed by atoms with E-state index in [-0.39, 0.29) is 5.56 Å². The quantitative estimate of drug-likeness (QED) is 0.453. The minimum atomic E-state index is -0.862. The average Bonchev–Trinajstić information content (AvgIpc) is 2.37. The van der Waals surface area contributed by atoms with Crippen molar-refractivity contribution in [3.8, 4) is 0 Å². The van der Waals surface area contributed by atoms with E-state index in [0.29, 0.717) is 10.9 Å². The monoisotopic (exact) mass is 330 g/mol. The van der Waals surface area contributed by atoms with Gasteiger partial charge in [0.05, 0.1) is 7.11 Å². The summed E-state index contributed by atoms with van der Waals surface area (Å²) in [7, 11) is 1.25. The number of ketones is 1. The summed E-state index contributed by atoms with van der Waals surface area (Å²) in [5.41, 5.74) is 0.179. The van der Waals surface area contributed by atoms with Crippen LogP contribution in [-0.4, -0.2) is 18.9 Å². The van der Waals surface area contributed by atoms with Crippen LogP contribution in [0.1, 0.15) is 36.5 Å². The molecule has 0 N–H and O–H groups in total. The lowest BCUT2D eigenvalue weighted by molar-refractivity contribution is -0.143. The fraction of sp³-hybridized carbons (Fsp3) is 0.429. The minimum absolute atomic E-state index is 0.179. The van der Waals surface area contributed by atoms with Crippen LogP contribution in [0.15, 0.2) is 22.7 Å². The van der Waals surface area contributed by atoms with Crippen molar-refractivity contribution >= 4 is 27.7 Å². The number of methoxy groups -OCH3 is 1. The van der Waals surface area contributed by atoms with Gasteiger partial charge in [-0.1, -0.05) is 35.7 Å². The van der Waals surface area contributed by atoms with Crippen molar-refractivity contribution in [3.63, 3.8) is 0 Å². The fourth-order valence-electron chi connectivity index (χ4n) is 1.80. The number of carbonyl (C=O) groups is 2. The van der Waals surface area contributed by atoms with Gasteiger partial charge in [-0.15, -0.1) is 0 Å². The maximum Gasteiger partial charge on any atom is 0.316 e. The summed E-state index contributed by atoms with van der Waals surface area (Å²) in [6.45, 7) is 1.97. The zero-order valence-corrected chi connectivity index (χ0v) is 12.5. The molecule has 1 aromatic carbocycles. The third kappa shape index (κ3) is 4.42. The fourth-order valence-corrected chi connectivity index (χ4v) is 2.27. The van der Waals surface area contributed by atoms with E-state index in [9.17, 15) is 14.0 Å². The molecular formula is C14H16BrFO3. The predicted molar refractivity (Wildman–Crippen MR) is 73.5 cm³/mol. The van der Waals surface area contributed by atoms with E-state index in [4.69, 9.17) is 0 Å². The van der Waals surface area contributed by atoms with E-state index in [1.807, 2.05) is 6.92 Å². The first-order chi connectivity index (χ1) is 8.99. The van der Waals surface area contributed by atoms with Crippen molar-refractivity contribution in [1.29, 1.82) is 0 Å². The normalized spacial score (nSPS) is 12.0. The summed E-state index contributed by atoms with van der Waals surface area (Å²) in [4.78, 5) is 23.9. The number of unbranched alkanes of at least 4 members (excludes halogenated alkanes) is 1. The van der Waals surface area contributed by atoms with Gasteiger partial charge in [-0.3, -0.25) is 9.59 Å². The minimum Gasteiger partial charge on any atom is -0.468 e. The van der Waals surface area contributed by atoms with E-state index in [2.05, 4.69) is 20.7 Å². The first-order valence-corrected chi connectivity index (χ1v) is 6.87. The second-order valence-corrected chi connectivity index (χ2v) is 5.16. The number of halogens is 2. The number of hydrogen-bond acceptors (Lipinski definition) is 3. The Morgan fingerprint density at radius 3 is 2.58 bits per heavy atom. The highest BCUT2D eigenvalue weighted by atomic mass is 79.9. The lowest BCUT2D eigenvalue weighted by Gasteiger charge is -2.13. The van der Waals surface area contributed by atoms with Crippen molar-refractivity contribution in [2.45, 2.75) is 26.2 Å². The first-order valence-electron chi connectivity index (χ1n) is 6.07. The smallest absolute Gasteiger partial charge is 0.316 e. The van der Waals surface area contributed by atoms with Crippen molar-refractivity contribution in [2.24, 2.45) is 5.92 Å². The molecule has 0 spiro atoms. The number of hydrogen-bond donors (Lipinski definition) is 0. The molecule has 1 rings (SSSR count). The third-order valence-corrected chi connectivity index (χ3v) is 3.25. The van der Waals surface area contributed by atoms with Crippen molar-refractivity contribution in [3.05, 3.63) is 34.1 Å². The Morgan fingerprint density at radius 1 is 1.37 bits per heavy atom. The molecule has 0 heterocycles. The van der Waals surface area contributed by atoms with Gasteiger partial charge >= 0.3 is 5.97 Å². The first kappa shape index (κ1) is 15.8. The van der Waals surface area contributed by atoms with Crippen LogP contribution < -0.4 is 0 Å². The van der Waals surface area contributed by atoms with Crippen LogP contribution in [0.4, 0.5) is 4.39 Å². The largest absolute Gasteiger partial charge is 0.468 e. The zero-order chi connectivity index (χ0) is 14.4. The van der Waals surface area contributed by atoms with Crippen molar-refractivity contribution in [2.75, 3.05) is 7.11 Å². The number of carbonyl (C=O) groups excluding carboxylic acids is 2. The molecule has 104 valence electrons. The molecule has 5 heteroatoms. The Hall–Kier alpha value is -1.23. The lowest BCUT2D eigenvalue weighted by Crippen LogP contribution is -2.25. The molecule has 0 aliphatic carbocycles. The summed E-state index contributed by atoms with van der Waals surface area (Å²) in [6.07, 6.45) is 2.02. The van der Waals surface area contributed by atoms with E-state index < -0.39 is 23.5 Å². The molecule has 0 saturated carbocycles. The Kier molecular flexibility index (Phi) is 6.15. The molecule has 0 saturated heterocycles. The van der Waals surface area contributed by atoms with Crippen LogP contribution >= 0.6 is 15.9 Å². The zero-order valence-electron chi connectivity index (χ0n) is 10.9. The van der Waals surface area contributed by atoms with Gasteiger partial charge in [0, 0.05) is 10.0 Å². The van der Waals surface area contributed by atoms with Crippen LogP contribution in [0.2, 0.25) is 0 Å².